The molecule has 1 aromatic rings. The molecule has 1 rings (SSSR count). The number of hydrogen-bond donors (Lipinski definition) is 2. The average molecular weight is 339 g/mol. The summed E-state index contributed by atoms with van der Waals surface area (Å²) < 4.78 is 26.7. The van der Waals surface area contributed by atoms with Gasteiger partial charge in [-0.3, -0.25) is 4.79 Å². The summed E-state index contributed by atoms with van der Waals surface area (Å²) >= 11 is 4.42. The van der Waals surface area contributed by atoms with Crippen molar-refractivity contribution in [3.05, 3.63) is 28.2 Å². The molecule has 100 valence electrons. The SMILES string of the molecule is CSCC[C@H](N)C(=O)Nc1cc(F)c(Br)cc1F. The van der Waals surface area contributed by atoms with E-state index in [1.54, 1.807) is 11.8 Å². The molecule has 0 aliphatic carbocycles. The summed E-state index contributed by atoms with van der Waals surface area (Å²) in [6, 6.07) is 1.14. The van der Waals surface area contributed by atoms with Crippen molar-refractivity contribution >= 4 is 39.3 Å². The molecular formula is C11H13BrF2N2OS. The highest BCUT2D eigenvalue weighted by Crippen LogP contribution is 2.23. The van der Waals surface area contributed by atoms with Crippen LogP contribution in [0.15, 0.2) is 16.6 Å². The highest BCUT2D eigenvalue weighted by Gasteiger charge is 2.16. The van der Waals surface area contributed by atoms with Crippen LogP contribution in [-0.2, 0) is 4.79 Å². The highest BCUT2D eigenvalue weighted by molar-refractivity contribution is 9.10. The molecule has 7 heteroatoms. The molecule has 0 bridgehead atoms. The van der Waals surface area contributed by atoms with Crippen LogP contribution < -0.4 is 11.1 Å². The summed E-state index contributed by atoms with van der Waals surface area (Å²) in [6.07, 6.45) is 2.38. The Morgan fingerprint density at radius 1 is 1.50 bits per heavy atom. The fraction of sp³-hybridized carbons (Fsp3) is 0.364. The van der Waals surface area contributed by atoms with Gasteiger partial charge in [-0.15, -0.1) is 0 Å². The second-order valence-electron chi connectivity index (χ2n) is 3.62. The van der Waals surface area contributed by atoms with Crippen LogP contribution in [-0.4, -0.2) is 24.0 Å². The van der Waals surface area contributed by atoms with E-state index in [1.807, 2.05) is 6.26 Å². The van der Waals surface area contributed by atoms with Gasteiger partial charge < -0.3 is 11.1 Å². The maximum Gasteiger partial charge on any atom is 0.241 e. The first-order valence-electron chi connectivity index (χ1n) is 5.15. The molecule has 0 unspecified atom stereocenters. The number of amides is 1. The molecule has 0 aliphatic rings. The largest absolute Gasteiger partial charge is 0.322 e. The Labute approximate surface area is 117 Å². The quantitative estimate of drug-likeness (QED) is 0.811. The van der Waals surface area contributed by atoms with Gasteiger partial charge in [0.25, 0.3) is 0 Å². The molecule has 1 amide bonds. The molecule has 18 heavy (non-hydrogen) atoms. The van der Waals surface area contributed by atoms with Gasteiger partial charge in [-0.1, -0.05) is 0 Å². The minimum Gasteiger partial charge on any atom is -0.322 e. The van der Waals surface area contributed by atoms with Crippen LogP contribution in [0.2, 0.25) is 0 Å². The molecule has 0 spiro atoms. The summed E-state index contributed by atoms with van der Waals surface area (Å²) in [4.78, 5) is 11.6. The predicted octanol–water partition coefficient (Wildman–Crippen LogP) is 2.75. The lowest BCUT2D eigenvalue weighted by atomic mass is 10.2. The van der Waals surface area contributed by atoms with Gasteiger partial charge in [-0.25, -0.2) is 8.78 Å². The van der Waals surface area contributed by atoms with Gasteiger partial charge >= 0.3 is 0 Å². The molecule has 1 aromatic carbocycles. The average Bonchev–Trinajstić information content (AvgIpc) is 2.32. The number of thioether (sulfide) groups is 1. The second kappa shape index (κ2) is 7.06. The maximum atomic E-state index is 13.4. The molecule has 0 saturated heterocycles. The Hall–Kier alpha value is -0.660. The predicted molar refractivity (Wildman–Crippen MR) is 73.7 cm³/mol. The van der Waals surface area contributed by atoms with Gasteiger partial charge in [0, 0.05) is 6.07 Å². The van der Waals surface area contributed by atoms with Gasteiger partial charge in [-0.05, 0) is 40.4 Å². The third-order valence-corrected chi connectivity index (χ3v) is 3.49. The first-order chi connectivity index (χ1) is 8.45. The van der Waals surface area contributed by atoms with Crippen molar-refractivity contribution in [1.29, 1.82) is 0 Å². The topological polar surface area (TPSA) is 55.1 Å². The van der Waals surface area contributed by atoms with E-state index in [0.29, 0.717) is 6.42 Å². The lowest BCUT2D eigenvalue weighted by Crippen LogP contribution is -2.36. The number of carbonyl (C=O) groups is 1. The lowest BCUT2D eigenvalue weighted by Gasteiger charge is -2.12. The van der Waals surface area contributed by atoms with Crippen molar-refractivity contribution in [2.75, 3.05) is 17.3 Å². The standard InChI is InChI=1S/C11H13BrF2N2OS/c1-18-3-2-9(15)11(17)16-10-5-7(13)6(12)4-8(10)14/h4-5,9H,2-3,15H2,1H3,(H,16,17)/t9-/m0/s1. The number of nitrogens with two attached hydrogens (primary N) is 1. The zero-order chi connectivity index (χ0) is 13.7. The van der Waals surface area contributed by atoms with Crippen LogP contribution in [0.1, 0.15) is 6.42 Å². The van der Waals surface area contributed by atoms with E-state index in [-0.39, 0.29) is 10.2 Å². The van der Waals surface area contributed by atoms with Crippen LogP contribution in [0, 0.1) is 11.6 Å². The number of halogens is 3. The van der Waals surface area contributed by atoms with Gasteiger partial charge in [0.05, 0.1) is 16.2 Å². The summed E-state index contributed by atoms with van der Waals surface area (Å²) in [5.74, 6) is -1.16. The summed E-state index contributed by atoms with van der Waals surface area (Å²) in [5, 5.41) is 2.28. The fourth-order valence-electron chi connectivity index (χ4n) is 1.22. The minimum atomic E-state index is -0.733. The molecule has 3 nitrogen and oxygen atoms in total. The number of nitrogens with one attached hydrogen (secondary N) is 1. The number of hydrogen-bond acceptors (Lipinski definition) is 3. The Bertz CT molecular complexity index is 445. The summed E-state index contributed by atoms with van der Waals surface area (Å²) in [5.41, 5.74) is 5.41. The molecule has 0 aromatic heterocycles. The molecule has 3 N–H and O–H groups in total. The molecule has 0 fully saturated rings. The molecule has 0 aliphatic heterocycles. The Kier molecular flexibility index (Phi) is 6.04. The first-order valence-corrected chi connectivity index (χ1v) is 7.34. The highest BCUT2D eigenvalue weighted by atomic mass is 79.9. The smallest absolute Gasteiger partial charge is 0.241 e. The fourth-order valence-corrected chi connectivity index (χ4v) is 2.02. The summed E-state index contributed by atoms with van der Waals surface area (Å²) in [7, 11) is 0. The number of rotatable bonds is 5. The van der Waals surface area contributed by atoms with E-state index in [2.05, 4.69) is 21.2 Å². The van der Waals surface area contributed by atoms with E-state index in [9.17, 15) is 13.6 Å². The minimum absolute atomic E-state index is 0.00433. The van der Waals surface area contributed by atoms with Crippen LogP contribution in [0.3, 0.4) is 0 Å². The van der Waals surface area contributed by atoms with Crippen molar-refractivity contribution in [2.45, 2.75) is 12.5 Å². The van der Waals surface area contributed by atoms with Crippen molar-refractivity contribution in [3.8, 4) is 0 Å². The van der Waals surface area contributed by atoms with Crippen LogP contribution in [0.5, 0.6) is 0 Å². The molecule has 0 saturated carbocycles. The molecule has 1 atom stereocenters. The van der Waals surface area contributed by atoms with E-state index in [1.165, 1.54) is 0 Å². The van der Waals surface area contributed by atoms with Crippen molar-refractivity contribution in [1.82, 2.24) is 0 Å². The normalized spacial score (nSPS) is 12.3. The number of anilines is 1. The van der Waals surface area contributed by atoms with Crippen molar-refractivity contribution in [3.63, 3.8) is 0 Å². The zero-order valence-electron chi connectivity index (χ0n) is 9.67. The Balaban J connectivity index is 2.72. The van der Waals surface area contributed by atoms with Gasteiger partial charge in [-0.2, -0.15) is 11.8 Å². The Morgan fingerprint density at radius 2 is 2.17 bits per heavy atom. The maximum absolute atomic E-state index is 13.4. The van der Waals surface area contributed by atoms with Crippen molar-refractivity contribution in [2.24, 2.45) is 5.73 Å². The van der Waals surface area contributed by atoms with E-state index in [0.717, 1.165) is 17.9 Å². The van der Waals surface area contributed by atoms with Gasteiger partial charge in [0.1, 0.15) is 11.6 Å². The van der Waals surface area contributed by atoms with E-state index >= 15 is 0 Å². The third-order valence-electron chi connectivity index (χ3n) is 2.24. The first kappa shape index (κ1) is 15.4. The molecular weight excluding hydrogens is 326 g/mol. The van der Waals surface area contributed by atoms with Crippen LogP contribution in [0.4, 0.5) is 14.5 Å². The second-order valence-corrected chi connectivity index (χ2v) is 5.46. The lowest BCUT2D eigenvalue weighted by molar-refractivity contribution is -0.117. The van der Waals surface area contributed by atoms with Gasteiger partial charge in [0.2, 0.25) is 5.91 Å². The molecule has 0 radical (unpaired) electrons. The molecule has 0 heterocycles. The zero-order valence-corrected chi connectivity index (χ0v) is 12.1. The van der Waals surface area contributed by atoms with E-state index in [4.69, 9.17) is 5.73 Å². The third kappa shape index (κ3) is 4.22. The van der Waals surface area contributed by atoms with Gasteiger partial charge in [0.15, 0.2) is 0 Å². The monoisotopic (exact) mass is 338 g/mol. The van der Waals surface area contributed by atoms with Crippen LogP contribution in [0.25, 0.3) is 0 Å². The Morgan fingerprint density at radius 3 is 2.78 bits per heavy atom. The van der Waals surface area contributed by atoms with Crippen molar-refractivity contribution < 1.29 is 13.6 Å². The summed E-state index contributed by atoms with van der Waals surface area (Å²) in [6.45, 7) is 0. The van der Waals surface area contributed by atoms with Crippen LogP contribution >= 0.6 is 27.7 Å². The van der Waals surface area contributed by atoms with E-state index < -0.39 is 23.6 Å². The number of carbonyl (C=O) groups excluding carboxylic acids is 1. The number of benzene rings is 1.